The maximum absolute atomic E-state index is 11.1. The summed E-state index contributed by atoms with van der Waals surface area (Å²) in [4.78, 5) is 11.1. The van der Waals surface area contributed by atoms with E-state index in [0.29, 0.717) is 4.73 Å². The van der Waals surface area contributed by atoms with Crippen molar-refractivity contribution in [3.63, 3.8) is 0 Å². The van der Waals surface area contributed by atoms with Crippen molar-refractivity contribution in [3.05, 3.63) is 29.4 Å². The Labute approximate surface area is 74.7 Å². The molecular formula is C8H10N2O3. The molecule has 0 aromatic carbocycles. The third kappa shape index (κ3) is 2.08. The first-order chi connectivity index (χ1) is 6.15. The van der Waals surface area contributed by atoms with Gasteiger partial charge >= 0.3 is 5.97 Å². The number of aromatic nitrogens is 1. The lowest BCUT2D eigenvalue weighted by molar-refractivity contribution is 0.0471. The summed E-state index contributed by atoms with van der Waals surface area (Å²) in [5.41, 5.74) is -0.0469. The van der Waals surface area contributed by atoms with Crippen molar-refractivity contribution in [2.45, 2.75) is 6.92 Å². The van der Waals surface area contributed by atoms with E-state index in [0.717, 1.165) is 0 Å². The minimum absolute atomic E-state index is 0.0469. The third-order valence-electron chi connectivity index (χ3n) is 1.42. The third-order valence-corrected chi connectivity index (χ3v) is 1.42. The van der Waals surface area contributed by atoms with Crippen LogP contribution in [0.4, 0.5) is 0 Å². The quantitative estimate of drug-likeness (QED) is 0.513. The highest BCUT2D eigenvalue weighted by molar-refractivity contribution is 5.87. The second kappa shape index (κ2) is 3.75. The van der Waals surface area contributed by atoms with Gasteiger partial charge in [0.2, 0.25) is 0 Å². The van der Waals surface area contributed by atoms with E-state index >= 15 is 0 Å². The van der Waals surface area contributed by atoms with Crippen LogP contribution < -0.4 is 5.36 Å². The highest BCUT2D eigenvalue weighted by atomic mass is 16.5. The molecule has 0 radical (unpaired) electrons. The molecule has 0 unspecified atom stereocenters. The van der Waals surface area contributed by atoms with Gasteiger partial charge in [0.1, 0.15) is 0 Å². The Morgan fingerprint density at radius 1 is 1.77 bits per heavy atom. The van der Waals surface area contributed by atoms with Crippen LogP contribution in [0.25, 0.3) is 0 Å². The van der Waals surface area contributed by atoms with Gasteiger partial charge in [0.25, 0.3) is 0 Å². The van der Waals surface area contributed by atoms with Crippen LogP contribution in [0, 0.1) is 5.41 Å². The minimum atomic E-state index is -0.640. The van der Waals surface area contributed by atoms with Gasteiger partial charge in [-0.05, 0) is 19.1 Å². The number of esters is 1. The maximum Gasteiger partial charge on any atom is 0.358 e. The highest BCUT2D eigenvalue weighted by Gasteiger charge is 2.09. The van der Waals surface area contributed by atoms with E-state index in [9.17, 15) is 4.79 Å². The molecule has 1 aromatic rings. The molecule has 1 heterocycles. The molecule has 70 valence electrons. The van der Waals surface area contributed by atoms with Gasteiger partial charge < -0.3 is 15.4 Å². The number of hydrogen-bond donors (Lipinski definition) is 2. The normalized spacial score (nSPS) is 9.62. The first-order valence-corrected chi connectivity index (χ1v) is 3.79. The number of nitrogens with one attached hydrogen (secondary N) is 1. The van der Waals surface area contributed by atoms with Crippen molar-refractivity contribution < 1.29 is 14.7 Å². The fraction of sp³-hybridized carbons (Fsp3) is 0.250. The average molecular weight is 182 g/mol. The topological polar surface area (TPSA) is 75.3 Å². The Balaban J connectivity index is 3.06. The van der Waals surface area contributed by atoms with Crippen molar-refractivity contribution in [2.24, 2.45) is 0 Å². The number of pyridine rings is 1. The maximum atomic E-state index is 11.1. The summed E-state index contributed by atoms with van der Waals surface area (Å²) in [7, 11) is 0. The Hall–Kier alpha value is -1.78. The molecule has 5 heteroatoms. The first-order valence-electron chi connectivity index (χ1n) is 3.79. The largest absolute Gasteiger partial charge is 0.461 e. The van der Waals surface area contributed by atoms with Gasteiger partial charge in [0.15, 0.2) is 5.69 Å². The van der Waals surface area contributed by atoms with Crippen LogP contribution in [-0.2, 0) is 4.74 Å². The minimum Gasteiger partial charge on any atom is -0.461 e. The number of carbonyl (C=O) groups excluding carboxylic acids is 1. The number of ether oxygens (including phenoxy) is 1. The van der Waals surface area contributed by atoms with E-state index in [1.807, 2.05) is 0 Å². The molecule has 0 spiro atoms. The predicted octanol–water partition coefficient (Wildman–Crippen LogP) is 0.382. The van der Waals surface area contributed by atoms with Gasteiger partial charge in [-0.2, -0.15) is 4.73 Å². The Morgan fingerprint density at radius 3 is 3.08 bits per heavy atom. The Bertz CT molecular complexity index is 370. The first kappa shape index (κ1) is 9.31. The zero-order chi connectivity index (χ0) is 9.84. The van der Waals surface area contributed by atoms with Crippen LogP contribution in [0.3, 0.4) is 0 Å². The molecule has 0 amide bonds. The summed E-state index contributed by atoms with van der Waals surface area (Å²) < 4.78 is 5.30. The molecule has 5 nitrogen and oxygen atoms in total. The SMILES string of the molecule is CCOC(=O)c1cc(=N)ccn1O. The number of hydrogen-bond acceptors (Lipinski definition) is 4. The van der Waals surface area contributed by atoms with Crippen molar-refractivity contribution in [1.29, 1.82) is 5.41 Å². The smallest absolute Gasteiger partial charge is 0.358 e. The molecule has 0 aliphatic heterocycles. The number of rotatable bonds is 2. The molecule has 0 aliphatic carbocycles. The van der Waals surface area contributed by atoms with E-state index in [-0.39, 0.29) is 17.7 Å². The van der Waals surface area contributed by atoms with Crippen LogP contribution in [0.15, 0.2) is 18.3 Å². The van der Waals surface area contributed by atoms with E-state index in [1.165, 1.54) is 18.3 Å². The second-order valence-corrected chi connectivity index (χ2v) is 2.37. The van der Waals surface area contributed by atoms with Crippen molar-refractivity contribution in [2.75, 3.05) is 6.61 Å². The number of carbonyl (C=O) groups is 1. The molecule has 13 heavy (non-hydrogen) atoms. The molecule has 1 aromatic heterocycles. The van der Waals surface area contributed by atoms with Gasteiger partial charge in [0.05, 0.1) is 12.0 Å². The van der Waals surface area contributed by atoms with Crippen LogP contribution in [0.1, 0.15) is 17.4 Å². The summed E-state index contributed by atoms with van der Waals surface area (Å²) in [5, 5.41) is 16.5. The van der Waals surface area contributed by atoms with Crippen LogP contribution >= 0.6 is 0 Å². The summed E-state index contributed by atoms with van der Waals surface area (Å²) in [6.45, 7) is 1.91. The van der Waals surface area contributed by atoms with Crippen molar-refractivity contribution in [1.82, 2.24) is 4.73 Å². The highest BCUT2D eigenvalue weighted by Crippen LogP contribution is 1.96. The van der Waals surface area contributed by atoms with Crippen molar-refractivity contribution >= 4 is 5.97 Å². The van der Waals surface area contributed by atoms with Crippen molar-refractivity contribution in [3.8, 4) is 0 Å². The standard InChI is InChI=1S/C8H10N2O3/c1-2-13-8(11)7-5-6(9)3-4-10(7)12/h3-5,9,12H,2H2,1H3. The molecule has 0 aliphatic rings. The molecule has 0 atom stereocenters. The number of nitrogens with zero attached hydrogens (tertiary/aromatic N) is 1. The zero-order valence-corrected chi connectivity index (χ0v) is 7.15. The van der Waals surface area contributed by atoms with Gasteiger partial charge in [-0.3, -0.25) is 0 Å². The summed E-state index contributed by atoms with van der Waals surface area (Å²) in [6, 6.07) is 2.60. The second-order valence-electron chi connectivity index (χ2n) is 2.37. The molecule has 0 fully saturated rings. The molecule has 2 N–H and O–H groups in total. The summed E-state index contributed by atoms with van der Waals surface area (Å²) in [6.07, 6.45) is 1.22. The van der Waals surface area contributed by atoms with E-state index in [1.54, 1.807) is 6.92 Å². The Morgan fingerprint density at radius 2 is 2.46 bits per heavy atom. The average Bonchev–Trinajstić information content (AvgIpc) is 2.09. The predicted molar refractivity (Wildman–Crippen MR) is 43.4 cm³/mol. The lowest BCUT2D eigenvalue weighted by Crippen LogP contribution is -2.16. The fourth-order valence-corrected chi connectivity index (χ4v) is 0.850. The van der Waals surface area contributed by atoms with Crippen LogP contribution in [0.5, 0.6) is 0 Å². The summed E-state index contributed by atoms with van der Waals surface area (Å²) in [5.74, 6) is -0.640. The zero-order valence-electron chi connectivity index (χ0n) is 7.15. The van der Waals surface area contributed by atoms with Gasteiger partial charge in [0, 0.05) is 6.20 Å². The van der Waals surface area contributed by atoms with Gasteiger partial charge in [-0.1, -0.05) is 0 Å². The molecule has 1 rings (SSSR count). The molecule has 0 bridgehead atoms. The van der Waals surface area contributed by atoms with E-state index < -0.39 is 5.97 Å². The lowest BCUT2D eigenvalue weighted by Gasteiger charge is -2.04. The van der Waals surface area contributed by atoms with Crippen LogP contribution in [0.2, 0.25) is 0 Å². The monoisotopic (exact) mass is 182 g/mol. The van der Waals surface area contributed by atoms with E-state index in [2.05, 4.69) is 4.74 Å². The van der Waals surface area contributed by atoms with E-state index in [4.69, 9.17) is 10.6 Å². The summed E-state index contributed by atoms with van der Waals surface area (Å²) >= 11 is 0. The molecule has 0 saturated carbocycles. The Kier molecular flexibility index (Phi) is 2.69. The molecular weight excluding hydrogens is 172 g/mol. The van der Waals surface area contributed by atoms with Gasteiger partial charge in [-0.15, -0.1) is 0 Å². The fourth-order valence-electron chi connectivity index (χ4n) is 0.850. The van der Waals surface area contributed by atoms with Gasteiger partial charge in [-0.25, -0.2) is 4.79 Å². The van der Waals surface area contributed by atoms with Crippen LogP contribution in [-0.4, -0.2) is 22.5 Å². The molecule has 0 saturated heterocycles. The lowest BCUT2D eigenvalue weighted by atomic mass is 10.3.